The molecule has 109 valence electrons. The lowest BCUT2D eigenvalue weighted by atomic mass is 10.0. The number of piperidine rings is 1. The summed E-state index contributed by atoms with van der Waals surface area (Å²) in [5.74, 6) is 0.744. The van der Waals surface area contributed by atoms with Gasteiger partial charge in [0.25, 0.3) is 0 Å². The van der Waals surface area contributed by atoms with Gasteiger partial charge in [0, 0.05) is 18.7 Å². The van der Waals surface area contributed by atoms with E-state index in [1.54, 1.807) is 12.1 Å². The highest BCUT2D eigenvalue weighted by atomic mass is 19.1. The van der Waals surface area contributed by atoms with Crippen molar-refractivity contribution in [1.82, 2.24) is 10.2 Å². The average Bonchev–Trinajstić information content (AvgIpc) is 2.52. The molecule has 4 heteroatoms. The van der Waals surface area contributed by atoms with Gasteiger partial charge in [0.15, 0.2) is 5.82 Å². The smallest absolute Gasteiger partial charge is 0.154 e. The number of aromatic nitrogens is 2. The summed E-state index contributed by atoms with van der Waals surface area (Å²) in [5.41, 5.74) is 4.01. The van der Waals surface area contributed by atoms with Crippen molar-refractivity contribution in [3.63, 3.8) is 0 Å². The molecule has 1 aliphatic rings. The van der Waals surface area contributed by atoms with Crippen LogP contribution in [0.1, 0.15) is 24.0 Å². The van der Waals surface area contributed by atoms with Crippen LogP contribution in [0.5, 0.6) is 0 Å². The first kappa shape index (κ1) is 14.0. The summed E-state index contributed by atoms with van der Waals surface area (Å²) >= 11 is 0. The molecule has 0 saturated carbocycles. The molecule has 1 fully saturated rings. The van der Waals surface area contributed by atoms with Gasteiger partial charge in [0.2, 0.25) is 0 Å². The SMILES string of the molecule is Cc1c(-c2ccc(F)cc2)nnc(N2CC[CH]CC2)c1C. The summed E-state index contributed by atoms with van der Waals surface area (Å²) in [4.78, 5) is 2.30. The second-order valence-electron chi connectivity index (χ2n) is 5.48. The maximum absolute atomic E-state index is 13.0. The van der Waals surface area contributed by atoms with Crippen molar-refractivity contribution in [2.24, 2.45) is 0 Å². The van der Waals surface area contributed by atoms with E-state index in [0.717, 1.165) is 54.1 Å². The Hall–Kier alpha value is -1.97. The van der Waals surface area contributed by atoms with Crippen molar-refractivity contribution in [3.05, 3.63) is 47.6 Å². The fourth-order valence-corrected chi connectivity index (χ4v) is 2.74. The summed E-state index contributed by atoms with van der Waals surface area (Å²) < 4.78 is 13.0. The lowest BCUT2D eigenvalue weighted by Crippen LogP contribution is -2.31. The van der Waals surface area contributed by atoms with Crippen LogP contribution in [0.3, 0.4) is 0 Å². The van der Waals surface area contributed by atoms with Gasteiger partial charge >= 0.3 is 0 Å². The highest BCUT2D eigenvalue weighted by Crippen LogP contribution is 2.28. The Morgan fingerprint density at radius 3 is 2.29 bits per heavy atom. The standard InChI is InChI=1S/C17H19FN3/c1-12-13(2)17(21-10-4-3-5-11-21)20-19-16(12)14-6-8-15(18)9-7-14/h3,6-9H,4-5,10-11H2,1-2H3. The van der Waals surface area contributed by atoms with Crippen LogP contribution < -0.4 is 4.90 Å². The predicted octanol–water partition coefficient (Wildman–Crippen LogP) is 3.70. The van der Waals surface area contributed by atoms with Crippen LogP contribution in [0.25, 0.3) is 11.3 Å². The van der Waals surface area contributed by atoms with Gasteiger partial charge in [-0.1, -0.05) is 0 Å². The van der Waals surface area contributed by atoms with Crippen molar-refractivity contribution in [2.45, 2.75) is 26.7 Å². The van der Waals surface area contributed by atoms with E-state index in [1.807, 2.05) is 0 Å². The van der Waals surface area contributed by atoms with Crippen LogP contribution in [0, 0.1) is 26.1 Å². The van der Waals surface area contributed by atoms with Crippen molar-refractivity contribution in [3.8, 4) is 11.3 Å². The second-order valence-corrected chi connectivity index (χ2v) is 5.48. The maximum Gasteiger partial charge on any atom is 0.154 e. The minimum Gasteiger partial charge on any atom is -0.355 e. The van der Waals surface area contributed by atoms with Crippen molar-refractivity contribution in [1.29, 1.82) is 0 Å². The van der Waals surface area contributed by atoms with Crippen LogP contribution in [-0.4, -0.2) is 23.3 Å². The normalized spacial score (nSPS) is 15.3. The molecule has 1 aromatic heterocycles. The third-order valence-electron chi connectivity index (χ3n) is 4.12. The van der Waals surface area contributed by atoms with Crippen molar-refractivity contribution < 1.29 is 4.39 Å². The molecule has 0 atom stereocenters. The lowest BCUT2D eigenvalue weighted by molar-refractivity contribution is 0.628. The van der Waals surface area contributed by atoms with Crippen LogP contribution in [0.4, 0.5) is 10.2 Å². The minimum atomic E-state index is -0.234. The molecule has 0 aliphatic carbocycles. The minimum absolute atomic E-state index is 0.234. The molecular weight excluding hydrogens is 265 g/mol. The van der Waals surface area contributed by atoms with Crippen LogP contribution >= 0.6 is 0 Å². The van der Waals surface area contributed by atoms with Gasteiger partial charge in [-0.25, -0.2) is 4.39 Å². The molecule has 2 aromatic rings. The van der Waals surface area contributed by atoms with Gasteiger partial charge in [-0.05, 0) is 68.5 Å². The molecular formula is C17H19FN3. The fourth-order valence-electron chi connectivity index (χ4n) is 2.74. The number of hydrogen-bond acceptors (Lipinski definition) is 3. The van der Waals surface area contributed by atoms with Crippen LogP contribution in [0.2, 0.25) is 0 Å². The van der Waals surface area contributed by atoms with Gasteiger partial charge in [-0.15, -0.1) is 10.2 Å². The maximum atomic E-state index is 13.0. The van der Waals surface area contributed by atoms with E-state index in [4.69, 9.17) is 0 Å². The quantitative estimate of drug-likeness (QED) is 0.842. The summed E-state index contributed by atoms with van der Waals surface area (Å²) in [6.45, 7) is 6.16. The summed E-state index contributed by atoms with van der Waals surface area (Å²) in [6.07, 6.45) is 4.51. The molecule has 1 saturated heterocycles. The lowest BCUT2D eigenvalue weighted by Gasteiger charge is -2.29. The molecule has 0 spiro atoms. The average molecular weight is 284 g/mol. The van der Waals surface area contributed by atoms with Crippen molar-refractivity contribution >= 4 is 5.82 Å². The van der Waals surface area contributed by atoms with E-state index in [0.29, 0.717) is 0 Å². The zero-order valence-corrected chi connectivity index (χ0v) is 12.4. The first-order valence-corrected chi connectivity index (χ1v) is 7.33. The zero-order valence-electron chi connectivity index (χ0n) is 12.4. The van der Waals surface area contributed by atoms with Gasteiger partial charge in [0.1, 0.15) is 5.82 Å². The molecule has 3 rings (SSSR count). The van der Waals surface area contributed by atoms with E-state index < -0.39 is 0 Å². The summed E-state index contributed by atoms with van der Waals surface area (Å²) in [5, 5.41) is 8.82. The number of nitrogens with zero attached hydrogens (tertiary/aromatic N) is 3. The molecule has 1 aromatic carbocycles. The van der Waals surface area contributed by atoms with Gasteiger partial charge in [-0.3, -0.25) is 0 Å². The topological polar surface area (TPSA) is 29.0 Å². The third kappa shape index (κ3) is 2.75. The molecule has 0 bridgehead atoms. The largest absolute Gasteiger partial charge is 0.355 e. The van der Waals surface area contributed by atoms with Crippen molar-refractivity contribution in [2.75, 3.05) is 18.0 Å². The van der Waals surface area contributed by atoms with E-state index in [2.05, 4.69) is 35.4 Å². The molecule has 0 amide bonds. The Bertz CT molecular complexity index is 631. The number of anilines is 1. The van der Waals surface area contributed by atoms with E-state index in [1.165, 1.54) is 12.1 Å². The second kappa shape index (κ2) is 5.80. The molecule has 2 heterocycles. The Morgan fingerprint density at radius 2 is 1.62 bits per heavy atom. The van der Waals surface area contributed by atoms with Crippen LogP contribution in [-0.2, 0) is 0 Å². The molecule has 1 radical (unpaired) electrons. The highest BCUT2D eigenvalue weighted by Gasteiger charge is 2.18. The van der Waals surface area contributed by atoms with E-state index in [-0.39, 0.29) is 5.82 Å². The molecule has 0 N–H and O–H groups in total. The Kier molecular flexibility index (Phi) is 3.86. The summed E-state index contributed by atoms with van der Waals surface area (Å²) in [6, 6.07) is 6.42. The molecule has 3 nitrogen and oxygen atoms in total. The van der Waals surface area contributed by atoms with Gasteiger partial charge in [0.05, 0.1) is 5.69 Å². The zero-order chi connectivity index (χ0) is 14.8. The molecule has 21 heavy (non-hydrogen) atoms. The monoisotopic (exact) mass is 284 g/mol. The Balaban J connectivity index is 1.97. The van der Waals surface area contributed by atoms with Crippen LogP contribution in [0.15, 0.2) is 24.3 Å². The first-order chi connectivity index (χ1) is 10.2. The third-order valence-corrected chi connectivity index (χ3v) is 4.12. The number of rotatable bonds is 2. The van der Waals surface area contributed by atoms with E-state index >= 15 is 0 Å². The Labute approximate surface area is 124 Å². The first-order valence-electron chi connectivity index (χ1n) is 7.33. The summed E-state index contributed by atoms with van der Waals surface area (Å²) in [7, 11) is 0. The van der Waals surface area contributed by atoms with E-state index in [9.17, 15) is 4.39 Å². The molecule has 1 aliphatic heterocycles. The predicted molar refractivity (Wildman–Crippen MR) is 82.6 cm³/mol. The number of halogens is 1. The Morgan fingerprint density at radius 1 is 0.952 bits per heavy atom. The fraction of sp³-hybridized carbons (Fsp3) is 0.353. The number of hydrogen-bond donors (Lipinski definition) is 0. The number of benzene rings is 1. The molecule has 0 unspecified atom stereocenters. The van der Waals surface area contributed by atoms with Gasteiger partial charge < -0.3 is 4.90 Å². The van der Waals surface area contributed by atoms with Gasteiger partial charge in [-0.2, -0.15) is 0 Å². The highest BCUT2D eigenvalue weighted by molar-refractivity contribution is 5.66.